The molecule has 0 spiro atoms. The van der Waals surface area contributed by atoms with Crippen molar-refractivity contribution in [3.8, 4) is 0 Å². The minimum atomic E-state index is 0.558. The van der Waals surface area contributed by atoms with E-state index in [4.69, 9.17) is 10.2 Å². The number of anilines is 2. The predicted octanol–water partition coefficient (Wildman–Crippen LogP) is 3.64. The second-order valence-electron chi connectivity index (χ2n) is 5.16. The molecular formula is C15H15N3OS. The van der Waals surface area contributed by atoms with Crippen LogP contribution in [0.15, 0.2) is 40.1 Å². The molecule has 0 aliphatic heterocycles. The van der Waals surface area contributed by atoms with E-state index >= 15 is 0 Å². The Bertz CT molecular complexity index is 731. The van der Waals surface area contributed by atoms with Gasteiger partial charge in [0.05, 0.1) is 6.54 Å². The summed E-state index contributed by atoms with van der Waals surface area (Å²) in [6, 6.07) is 11.1. The molecule has 1 aromatic carbocycles. The largest absolute Gasteiger partial charge is 0.423 e. The Labute approximate surface area is 120 Å². The van der Waals surface area contributed by atoms with Crippen LogP contribution in [-0.2, 0) is 6.54 Å². The summed E-state index contributed by atoms with van der Waals surface area (Å²) >= 11 is 1.77. The Balaban J connectivity index is 1.70. The topological polar surface area (TPSA) is 55.3 Å². The second kappa shape index (κ2) is 4.52. The summed E-state index contributed by atoms with van der Waals surface area (Å²) in [6.07, 6.45) is 2.43. The molecule has 20 heavy (non-hydrogen) atoms. The van der Waals surface area contributed by atoms with Crippen LogP contribution in [0.5, 0.6) is 0 Å². The standard InChI is InChI=1S/C15H15N3OS/c16-10-3-6-13-14(8-10)19-15(17-13)18(11-4-5-11)9-12-2-1-7-20-12/h1-3,6-8,11H,4-5,9,16H2. The third-order valence-electron chi connectivity index (χ3n) is 3.54. The van der Waals surface area contributed by atoms with Gasteiger partial charge in [0.1, 0.15) is 5.52 Å². The number of thiophene rings is 1. The molecule has 1 fully saturated rings. The number of benzene rings is 1. The molecule has 0 amide bonds. The molecule has 0 bridgehead atoms. The van der Waals surface area contributed by atoms with E-state index in [1.165, 1.54) is 17.7 Å². The number of fused-ring (bicyclic) bond motifs is 1. The summed E-state index contributed by atoms with van der Waals surface area (Å²) in [4.78, 5) is 8.20. The normalized spacial score (nSPS) is 14.8. The highest BCUT2D eigenvalue weighted by molar-refractivity contribution is 7.09. The zero-order valence-corrected chi connectivity index (χ0v) is 11.8. The van der Waals surface area contributed by atoms with Crippen molar-refractivity contribution < 1.29 is 4.42 Å². The van der Waals surface area contributed by atoms with Crippen LogP contribution in [0.3, 0.4) is 0 Å². The molecule has 2 aromatic heterocycles. The molecule has 1 aliphatic rings. The van der Waals surface area contributed by atoms with E-state index in [1.807, 2.05) is 18.2 Å². The summed E-state index contributed by atoms with van der Waals surface area (Å²) in [5.74, 6) is 0. The summed E-state index contributed by atoms with van der Waals surface area (Å²) in [6.45, 7) is 0.866. The van der Waals surface area contributed by atoms with Crippen molar-refractivity contribution in [2.45, 2.75) is 25.4 Å². The van der Waals surface area contributed by atoms with Crippen LogP contribution in [-0.4, -0.2) is 11.0 Å². The molecule has 0 saturated heterocycles. The average molecular weight is 285 g/mol. The molecule has 3 aromatic rings. The minimum Gasteiger partial charge on any atom is -0.423 e. The fourth-order valence-electron chi connectivity index (χ4n) is 2.36. The number of nitrogens with two attached hydrogens (primary N) is 1. The van der Waals surface area contributed by atoms with Crippen molar-refractivity contribution in [1.29, 1.82) is 0 Å². The van der Waals surface area contributed by atoms with E-state index in [1.54, 1.807) is 11.3 Å². The van der Waals surface area contributed by atoms with Crippen LogP contribution in [0.4, 0.5) is 11.7 Å². The number of nitrogens with zero attached hydrogens (tertiary/aromatic N) is 2. The van der Waals surface area contributed by atoms with Gasteiger partial charge in [-0.25, -0.2) is 0 Å². The Morgan fingerprint density at radius 2 is 2.25 bits per heavy atom. The second-order valence-corrected chi connectivity index (χ2v) is 6.19. The SMILES string of the molecule is Nc1ccc2nc(N(Cc3cccs3)C3CC3)oc2c1. The summed E-state index contributed by atoms with van der Waals surface area (Å²) < 4.78 is 5.90. The van der Waals surface area contributed by atoms with Crippen molar-refractivity contribution in [2.24, 2.45) is 0 Å². The first-order valence-corrected chi connectivity index (χ1v) is 7.63. The molecule has 5 heteroatoms. The van der Waals surface area contributed by atoms with Crippen LogP contribution in [0.1, 0.15) is 17.7 Å². The zero-order valence-electron chi connectivity index (χ0n) is 11.0. The number of aromatic nitrogens is 1. The number of oxazole rings is 1. The Kier molecular flexibility index (Phi) is 2.67. The first kappa shape index (κ1) is 11.8. The number of hydrogen-bond donors (Lipinski definition) is 1. The van der Waals surface area contributed by atoms with Crippen molar-refractivity contribution in [3.05, 3.63) is 40.6 Å². The van der Waals surface area contributed by atoms with Crippen molar-refractivity contribution >= 4 is 34.1 Å². The highest BCUT2D eigenvalue weighted by atomic mass is 32.1. The Morgan fingerprint density at radius 3 is 3.00 bits per heavy atom. The summed E-state index contributed by atoms with van der Waals surface area (Å²) in [5.41, 5.74) is 8.12. The van der Waals surface area contributed by atoms with E-state index in [0.717, 1.165) is 17.6 Å². The molecule has 4 rings (SSSR count). The van der Waals surface area contributed by atoms with Gasteiger partial charge in [-0.2, -0.15) is 4.98 Å². The quantitative estimate of drug-likeness (QED) is 0.744. The van der Waals surface area contributed by atoms with Gasteiger partial charge in [-0.05, 0) is 36.4 Å². The van der Waals surface area contributed by atoms with Gasteiger partial charge in [0.2, 0.25) is 0 Å². The fourth-order valence-corrected chi connectivity index (χ4v) is 3.06. The molecule has 0 radical (unpaired) electrons. The van der Waals surface area contributed by atoms with Crippen molar-refractivity contribution in [3.63, 3.8) is 0 Å². The van der Waals surface area contributed by atoms with E-state index in [-0.39, 0.29) is 0 Å². The molecule has 4 nitrogen and oxygen atoms in total. The highest BCUT2D eigenvalue weighted by Crippen LogP contribution is 2.35. The molecule has 1 aliphatic carbocycles. The third kappa shape index (κ3) is 2.14. The van der Waals surface area contributed by atoms with Gasteiger partial charge in [-0.3, -0.25) is 0 Å². The van der Waals surface area contributed by atoms with Crippen LogP contribution in [0, 0.1) is 0 Å². The monoisotopic (exact) mass is 285 g/mol. The number of rotatable bonds is 4. The van der Waals surface area contributed by atoms with Crippen LogP contribution < -0.4 is 10.6 Å². The van der Waals surface area contributed by atoms with Crippen molar-refractivity contribution in [1.82, 2.24) is 4.98 Å². The molecule has 2 heterocycles. The lowest BCUT2D eigenvalue weighted by Gasteiger charge is -2.18. The van der Waals surface area contributed by atoms with Gasteiger partial charge >= 0.3 is 0 Å². The lowest BCUT2D eigenvalue weighted by Crippen LogP contribution is -2.24. The lowest BCUT2D eigenvalue weighted by molar-refractivity contribution is 0.563. The van der Waals surface area contributed by atoms with Gasteiger partial charge in [0.25, 0.3) is 6.01 Å². The Morgan fingerprint density at radius 1 is 1.35 bits per heavy atom. The third-order valence-corrected chi connectivity index (χ3v) is 4.40. The van der Waals surface area contributed by atoms with Gasteiger partial charge < -0.3 is 15.1 Å². The lowest BCUT2D eigenvalue weighted by atomic mass is 10.3. The van der Waals surface area contributed by atoms with Crippen LogP contribution >= 0.6 is 11.3 Å². The van der Waals surface area contributed by atoms with Crippen LogP contribution in [0.2, 0.25) is 0 Å². The maximum atomic E-state index is 5.90. The van der Waals surface area contributed by atoms with Crippen molar-refractivity contribution in [2.75, 3.05) is 10.6 Å². The summed E-state index contributed by atoms with van der Waals surface area (Å²) in [5, 5.41) is 2.10. The molecular weight excluding hydrogens is 270 g/mol. The molecule has 0 atom stereocenters. The van der Waals surface area contributed by atoms with E-state index in [2.05, 4.69) is 27.4 Å². The predicted molar refractivity (Wildman–Crippen MR) is 81.9 cm³/mol. The van der Waals surface area contributed by atoms with Gasteiger partial charge in [-0.15, -0.1) is 11.3 Å². The van der Waals surface area contributed by atoms with Gasteiger partial charge in [-0.1, -0.05) is 6.07 Å². The average Bonchev–Trinajstić information content (AvgIpc) is 2.99. The molecule has 2 N–H and O–H groups in total. The smallest absolute Gasteiger partial charge is 0.298 e. The highest BCUT2D eigenvalue weighted by Gasteiger charge is 2.32. The first-order chi connectivity index (χ1) is 9.79. The maximum Gasteiger partial charge on any atom is 0.298 e. The number of hydrogen-bond acceptors (Lipinski definition) is 5. The maximum absolute atomic E-state index is 5.90. The van der Waals surface area contributed by atoms with E-state index in [0.29, 0.717) is 17.7 Å². The Hall–Kier alpha value is -2.01. The molecule has 0 unspecified atom stereocenters. The first-order valence-electron chi connectivity index (χ1n) is 6.75. The van der Waals surface area contributed by atoms with Crippen LogP contribution in [0.25, 0.3) is 11.1 Å². The summed E-state index contributed by atoms with van der Waals surface area (Å²) in [7, 11) is 0. The van der Waals surface area contributed by atoms with Gasteiger partial charge in [0, 0.05) is 22.7 Å². The van der Waals surface area contributed by atoms with Gasteiger partial charge in [0.15, 0.2) is 5.58 Å². The molecule has 1 saturated carbocycles. The fraction of sp³-hybridized carbons (Fsp3) is 0.267. The van der Waals surface area contributed by atoms with E-state index < -0.39 is 0 Å². The molecule has 102 valence electrons. The van der Waals surface area contributed by atoms with E-state index in [9.17, 15) is 0 Å². The number of nitrogen functional groups attached to an aromatic ring is 1. The minimum absolute atomic E-state index is 0.558. The zero-order chi connectivity index (χ0) is 13.5.